The highest BCUT2D eigenvalue weighted by atomic mass is 16.2. The molecule has 0 aliphatic rings. The van der Waals surface area contributed by atoms with E-state index in [-0.39, 0.29) is 11.6 Å². The lowest BCUT2D eigenvalue weighted by Crippen LogP contribution is -2.44. The molecular weight excluding hydrogens is 220 g/mol. The van der Waals surface area contributed by atoms with E-state index in [1.165, 1.54) is 12.4 Å². The second kappa shape index (κ2) is 5.93. The maximum atomic E-state index is 11.7. The van der Waals surface area contributed by atoms with Gasteiger partial charge in [0.15, 0.2) is 0 Å². The van der Waals surface area contributed by atoms with E-state index in [4.69, 9.17) is 0 Å². The van der Waals surface area contributed by atoms with Gasteiger partial charge in [-0.1, -0.05) is 0 Å². The number of nitrogens with one attached hydrogen (secondary N) is 2. The number of carbonyl (C=O) groups excluding carboxylic acids is 2. The lowest BCUT2D eigenvalue weighted by Gasteiger charge is -2.12. The van der Waals surface area contributed by atoms with Gasteiger partial charge in [0, 0.05) is 12.7 Å². The van der Waals surface area contributed by atoms with Crippen molar-refractivity contribution in [3.05, 3.63) is 23.8 Å². The molecule has 0 saturated heterocycles. The first-order valence-electron chi connectivity index (χ1n) is 5.41. The van der Waals surface area contributed by atoms with Crippen LogP contribution in [0.1, 0.15) is 30.0 Å². The van der Waals surface area contributed by atoms with Gasteiger partial charge in [-0.25, -0.2) is 4.98 Å². The van der Waals surface area contributed by atoms with Crippen LogP contribution in [0.5, 0.6) is 0 Å². The molecule has 0 radical (unpaired) electrons. The van der Waals surface area contributed by atoms with E-state index in [2.05, 4.69) is 20.6 Å². The van der Waals surface area contributed by atoms with E-state index < -0.39 is 11.9 Å². The van der Waals surface area contributed by atoms with Crippen molar-refractivity contribution in [1.82, 2.24) is 20.6 Å². The van der Waals surface area contributed by atoms with Crippen molar-refractivity contribution in [3.63, 3.8) is 0 Å². The van der Waals surface area contributed by atoms with E-state index in [9.17, 15) is 9.59 Å². The van der Waals surface area contributed by atoms with Gasteiger partial charge in [0.05, 0.1) is 11.9 Å². The van der Waals surface area contributed by atoms with Crippen LogP contribution >= 0.6 is 0 Å². The molecule has 92 valence electrons. The predicted octanol–water partition coefficient (Wildman–Crippen LogP) is 0.0394. The topological polar surface area (TPSA) is 84.0 Å². The minimum absolute atomic E-state index is 0.201. The molecule has 1 aromatic heterocycles. The highest BCUT2D eigenvalue weighted by molar-refractivity contribution is 5.95. The summed E-state index contributed by atoms with van der Waals surface area (Å²) in [5.41, 5.74) is 0.935. The number of carbonyl (C=O) groups is 2. The van der Waals surface area contributed by atoms with E-state index in [1.807, 2.05) is 6.92 Å². The van der Waals surface area contributed by atoms with Crippen molar-refractivity contribution in [3.8, 4) is 0 Å². The molecule has 2 amide bonds. The molecule has 0 fully saturated rings. The average molecular weight is 236 g/mol. The number of likely N-dealkylation sites (N-methyl/N-ethyl adjacent to an activating group) is 1. The first-order chi connectivity index (χ1) is 8.04. The summed E-state index contributed by atoms with van der Waals surface area (Å²) in [6.07, 6.45) is 2.89. The monoisotopic (exact) mass is 236 g/mol. The van der Waals surface area contributed by atoms with Gasteiger partial charge in [-0.3, -0.25) is 14.6 Å². The molecule has 0 spiro atoms. The van der Waals surface area contributed by atoms with Crippen molar-refractivity contribution in [2.75, 3.05) is 6.54 Å². The van der Waals surface area contributed by atoms with E-state index >= 15 is 0 Å². The Labute approximate surface area is 99.8 Å². The van der Waals surface area contributed by atoms with Crippen LogP contribution in [0.15, 0.2) is 12.4 Å². The Morgan fingerprint density at radius 3 is 2.59 bits per heavy atom. The first-order valence-corrected chi connectivity index (χ1v) is 5.41. The summed E-state index contributed by atoms with van der Waals surface area (Å²) in [5.74, 6) is -0.628. The lowest BCUT2D eigenvalue weighted by molar-refractivity contribution is -0.122. The minimum atomic E-state index is -0.592. The summed E-state index contributed by atoms with van der Waals surface area (Å²) in [5, 5.41) is 5.17. The Morgan fingerprint density at radius 2 is 2.06 bits per heavy atom. The van der Waals surface area contributed by atoms with Crippen LogP contribution in [0.25, 0.3) is 0 Å². The first kappa shape index (κ1) is 13.1. The van der Waals surface area contributed by atoms with Crippen molar-refractivity contribution >= 4 is 11.8 Å². The molecular formula is C11H16N4O2. The maximum absolute atomic E-state index is 11.7. The minimum Gasteiger partial charge on any atom is -0.355 e. The predicted molar refractivity (Wildman–Crippen MR) is 62.4 cm³/mol. The van der Waals surface area contributed by atoms with Gasteiger partial charge >= 0.3 is 0 Å². The van der Waals surface area contributed by atoms with Gasteiger partial charge in [-0.2, -0.15) is 0 Å². The molecule has 0 bridgehead atoms. The van der Waals surface area contributed by atoms with Gasteiger partial charge in [0.2, 0.25) is 5.91 Å². The highest BCUT2D eigenvalue weighted by Gasteiger charge is 2.16. The third-order valence-electron chi connectivity index (χ3n) is 2.11. The van der Waals surface area contributed by atoms with Gasteiger partial charge in [0.25, 0.3) is 5.91 Å². The zero-order chi connectivity index (χ0) is 12.8. The summed E-state index contributed by atoms with van der Waals surface area (Å²) < 4.78 is 0. The molecule has 1 rings (SSSR count). The van der Waals surface area contributed by atoms with Gasteiger partial charge in [-0.05, 0) is 20.8 Å². The molecule has 6 heteroatoms. The van der Waals surface area contributed by atoms with Crippen LogP contribution in [-0.2, 0) is 4.79 Å². The third-order valence-corrected chi connectivity index (χ3v) is 2.11. The molecule has 1 atom stereocenters. The summed E-state index contributed by atoms with van der Waals surface area (Å²) in [6.45, 7) is 5.75. The Morgan fingerprint density at radius 1 is 1.35 bits per heavy atom. The summed E-state index contributed by atoms with van der Waals surface area (Å²) >= 11 is 0. The molecule has 1 heterocycles. The van der Waals surface area contributed by atoms with E-state index in [0.717, 1.165) is 5.69 Å². The molecule has 0 aliphatic carbocycles. The van der Waals surface area contributed by atoms with E-state index in [0.29, 0.717) is 6.54 Å². The molecule has 0 saturated carbocycles. The summed E-state index contributed by atoms with van der Waals surface area (Å²) in [7, 11) is 0. The molecule has 1 unspecified atom stereocenters. The molecule has 17 heavy (non-hydrogen) atoms. The molecule has 0 aromatic carbocycles. The summed E-state index contributed by atoms with van der Waals surface area (Å²) in [6, 6.07) is -0.592. The van der Waals surface area contributed by atoms with Crippen molar-refractivity contribution < 1.29 is 9.59 Å². The average Bonchev–Trinajstić information content (AvgIpc) is 2.30. The fraction of sp³-hybridized carbons (Fsp3) is 0.455. The number of aromatic nitrogens is 2. The Balaban J connectivity index is 2.60. The zero-order valence-electron chi connectivity index (χ0n) is 10.2. The van der Waals surface area contributed by atoms with Gasteiger partial charge in [0.1, 0.15) is 11.7 Å². The number of nitrogens with zero attached hydrogens (tertiary/aromatic N) is 2. The van der Waals surface area contributed by atoms with Crippen LogP contribution in [0, 0.1) is 6.92 Å². The molecule has 2 N–H and O–H groups in total. The second-order valence-corrected chi connectivity index (χ2v) is 3.63. The number of hydrogen-bond donors (Lipinski definition) is 2. The van der Waals surface area contributed by atoms with Crippen LogP contribution in [0.4, 0.5) is 0 Å². The van der Waals surface area contributed by atoms with Gasteiger partial charge in [-0.15, -0.1) is 0 Å². The molecule has 6 nitrogen and oxygen atoms in total. The van der Waals surface area contributed by atoms with E-state index in [1.54, 1.807) is 13.8 Å². The molecule has 0 aliphatic heterocycles. The standard InChI is InChI=1S/C11H16N4O2/c1-4-12-10(16)8(3)15-11(17)9-6-13-7(2)5-14-9/h5-6,8H,4H2,1-3H3,(H,12,16)(H,15,17). The van der Waals surface area contributed by atoms with Crippen LogP contribution in [-0.4, -0.2) is 34.4 Å². The summed E-state index contributed by atoms with van der Waals surface area (Å²) in [4.78, 5) is 31.0. The Kier molecular flexibility index (Phi) is 4.56. The van der Waals surface area contributed by atoms with Gasteiger partial charge < -0.3 is 10.6 Å². The number of hydrogen-bond acceptors (Lipinski definition) is 4. The Hall–Kier alpha value is -1.98. The highest BCUT2D eigenvalue weighted by Crippen LogP contribution is 1.95. The van der Waals surface area contributed by atoms with Crippen molar-refractivity contribution in [2.24, 2.45) is 0 Å². The third kappa shape index (κ3) is 3.82. The molecule has 1 aromatic rings. The maximum Gasteiger partial charge on any atom is 0.272 e. The lowest BCUT2D eigenvalue weighted by atomic mass is 10.3. The Bertz CT molecular complexity index is 402. The van der Waals surface area contributed by atoms with Crippen LogP contribution in [0.2, 0.25) is 0 Å². The number of amides is 2. The smallest absolute Gasteiger partial charge is 0.272 e. The fourth-order valence-electron chi connectivity index (χ4n) is 1.17. The SMILES string of the molecule is CCNC(=O)C(C)NC(=O)c1cnc(C)cn1. The number of rotatable bonds is 4. The quantitative estimate of drug-likeness (QED) is 0.773. The van der Waals surface area contributed by atoms with Crippen LogP contribution in [0.3, 0.4) is 0 Å². The van der Waals surface area contributed by atoms with Crippen molar-refractivity contribution in [2.45, 2.75) is 26.8 Å². The second-order valence-electron chi connectivity index (χ2n) is 3.63. The number of aryl methyl sites for hydroxylation is 1. The van der Waals surface area contributed by atoms with Crippen molar-refractivity contribution in [1.29, 1.82) is 0 Å². The van der Waals surface area contributed by atoms with Crippen LogP contribution < -0.4 is 10.6 Å². The fourth-order valence-corrected chi connectivity index (χ4v) is 1.17. The largest absolute Gasteiger partial charge is 0.355 e. The normalized spacial score (nSPS) is 11.7. The zero-order valence-corrected chi connectivity index (χ0v) is 10.2.